The van der Waals surface area contributed by atoms with E-state index in [1.165, 1.54) is 4.88 Å². The number of urea groups is 1. The molecule has 110 valence electrons. The van der Waals surface area contributed by atoms with E-state index in [1.807, 2.05) is 35.2 Å². The molecule has 0 radical (unpaired) electrons. The van der Waals surface area contributed by atoms with Crippen LogP contribution in [-0.2, 0) is 0 Å². The van der Waals surface area contributed by atoms with Crippen molar-refractivity contribution in [2.75, 3.05) is 18.4 Å². The summed E-state index contributed by atoms with van der Waals surface area (Å²) in [6.45, 7) is 1.34. The van der Waals surface area contributed by atoms with Crippen LogP contribution < -0.4 is 11.1 Å². The minimum absolute atomic E-state index is 0.0346. The maximum absolute atomic E-state index is 12.4. The third-order valence-electron chi connectivity index (χ3n) is 3.74. The van der Waals surface area contributed by atoms with Crippen LogP contribution in [0, 0.1) is 0 Å². The van der Waals surface area contributed by atoms with Gasteiger partial charge in [-0.25, -0.2) is 4.79 Å². The molecule has 1 aliphatic heterocycles. The third-order valence-corrected chi connectivity index (χ3v) is 4.78. The largest absolute Gasteiger partial charge is 0.326 e. The maximum Gasteiger partial charge on any atom is 0.321 e. The van der Waals surface area contributed by atoms with E-state index in [1.54, 1.807) is 11.3 Å². The van der Waals surface area contributed by atoms with Crippen LogP contribution in [0.3, 0.4) is 0 Å². The standard InChI is InChI=1S/C16H19N3OS/c17-13-9-12(15-7-4-8-21-15)10-19(11-13)16(20)18-14-5-2-1-3-6-14/h1-8,12-13H,9-11,17H2,(H,18,20). The zero-order chi connectivity index (χ0) is 14.7. The highest BCUT2D eigenvalue weighted by Crippen LogP contribution is 2.29. The summed E-state index contributed by atoms with van der Waals surface area (Å²) in [5, 5.41) is 5.01. The van der Waals surface area contributed by atoms with Crippen molar-refractivity contribution in [1.82, 2.24) is 4.90 Å². The van der Waals surface area contributed by atoms with Gasteiger partial charge in [0.25, 0.3) is 0 Å². The zero-order valence-corrected chi connectivity index (χ0v) is 12.6. The van der Waals surface area contributed by atoms with Gasteiger partial charge < -0.3 is 16.0 Å². The van der Waals surface area contributed by atoms with Crippen molar-refractivity contribution in [2.45, 2.75) is 18.4 Å². The molecule has 2 heterocycles. The molecule has 2 aromatic rings. The fourth-order valence-corrected chi connectivity index (χ4v) is 3.59. The first-order chi connectivity index (χ1) is 10.2. The average molecular weight is 301 g/mol. The van der Waals surface area contributed by atoms with Gasteiger partial charge in [-0.15, -0.1) is 11.3 Å². The number of para-hydroxylation sites is 1. The molecule has 1 fully saturated rings. The first-order valence-electron chi connectivity index (χ1n) is 7.12. The lowest BCUT2D eigenvalue weighted by atomic mass is 9.93. The Morgan fingerprint density at radius 1 is 1.19 bits per heavy atom. The van der Waals surface area contributed by atoms with E-state index in [0.717, 1.165) is 18.7 Å². The van der Waals surface area contributed by atoms with E-state index in [4.69, 9.17) is 5.73 Å². The molecule has 1 aliphatic rings. The number of likely N-dealkylation sites (tertiary alicyclic amines) is 1. The number of carbonyl (C=O) groups excluding carboxylic acids is 1. The van der Waals surface area contributed by atoms with Crippen molar-refractivity contribution in [3.8, 4) is 0 Å². The molecule has 3 rings (SSSR count). The van der Waals surface area contributed by atoms with Gasteiger partial charge in [0, 0.05) is 35.6 Å². The van der Waals surface area contributed by atoms with E-state index in [2.05, 4.69) is 22.8 Å². The SMILES string of the molecule is NC1CC(c2cccs2)CN(C(=O)Nc2ccccc2)C1. The number of hydrogen-bond acceptors (Lipinski definition) is 3. The lowest BCUT2D eigenvalue weighted by Crippen LogP contribution is -2.50. The van der Waals surface area contributed by atoms with Gasteiger partial charge in [-0.05, 0) is 30.0 Å². The van der Waals surface area contributed by atoms with Gasteiger partial charge >= 0.3 is 6.03 Å². The number of rotatable bonds is 2. The number of anilines is 1. The molecule has 0 saturated carbocycles. The van der Waals surface area contributed by atoms with Crippen molar-refractivity contribution >= 4 is 23.1 Å². The number of nitrogens with two attached hydrogens (primary N) is 1. The fraction of sp³-hybridized carbons (Fsp3) is 0.312. The lowest BCUT2D eigenvalue weighted by molar-refractivity contribution is 0.185. The molecular weight excluding hydrogens is 282 g/mol. The molecule has 1 aromatic heterocycles. The minimum atomic E-state index is -0.0714. The number of hydrogen-bond donors (Lipinski definition) is 2. The summed E-state index contributed by atoms with van der Waals surface area (Å²) in [5.74, 6) is 0.343. The van der Waals surface area contributed by atoms with Gasteiger partial charge in [-0.1, -0.05) is 24.3 Å². The summed E-state index contributed by atoms with van der Waals surface area (Å²) in [4.78, 5) is 15.5. The summed E-state index contributed by atoms with van der Waals surface area (Å²) >= 11 is 1.74. The molecule has 1 saturated heterocycles. The highest BCUT2D eigenvalue weighted by Gasteiger charge is 2.29. The molecule has 2 amide bonds. The second kappa shape index (κ2) is 6.28. The van der Waals surface area contributed by atoms with Crippen molar-refractivity contribution in [3.63, 3.8) is 0 Å². The van der Waals surface area contributed by atoms with E-state index in [-0.39, 0.29) is 12.1 Å². The Bertz CT molecular complexity index is 585. The van der Waals surface area contributed by atoms with Crippen LogP contribution >= 0.6 is 11.3 Å². The second-order valence-electron chi connectivity index (χ2n) is 5.41. The van der Waals surface area contributed by atoms with Crippen molar-refractivity contribution in [1.29, 1.82) is 0 Å². The Balaban J connectivity index is 1.68. The molecule has 2 atom stereocenters. The fourth-order valence-electron chi connectivity index (χ4n) is 2.76. The summed E-state index contributed by atoms with van der Waals surface area (Å²) < 4.78 is 0. The highest BCUT2D eigenvalue weighted by atomic mass is 32.1. The molecule has 5 heteroatoms. The second-order valence-corrected chi connectivity index (χ2v) is 6.39. The van der Waals surface area contributed by atoms with Gasteiger partial charge in [0.2, 0.25) is 0 Å². The van der Waals surface area contributed by atoms with Gasteiger partial charge in [-0.2, -0.15) is 0 Å². The van der Waals surface area contributed by atoms with Gasteiger partial charge in [0.05, 0.1) is 0 Å². The average Bonchev–Trinajstić information content (AvgIpc) is 3.02. The predicted molar refractivity (Wildman–Crippen MR) is 86.7 cm³/mol. The Hall–Kier alpha value is -1.85. The smallest absolute Gasteiger partial charge is 0.321 e. The van der Waals surface area contributed by atoms with E-state index in [0.29, 0.717) is 12.5 Å². The third kappa shape index (κ3) is 3.43. The number of amides is 2. The number of benzene rings is 1. The summed E-state index contributed by atoms with van der Waals surface area (Å²) in [6, 6.07) is 13.7. The van der Waals surface area contributed by atoms with Gasteiger partial charge in [-0.3, -0.25) is 0 Å². The summed E-state index contributed by atoms with van der Waals surface area (Å²) in [6.07, 6.45) is 0.940. The quantitative estimate of drug-likeness (QED) is 0.895. The molecular formula is C16H19N3OS. The van der Waals surface area contributed by atoms with Crippen LogP contribution in [0.5, 0.6) is 0 Å². The van der Waals surface area contributed by atoms with Crippen molar-refractivity contribution < 1.29 is 4.79 Å². The lowest BCUT2D eigenvalue weighted by Gasteiger charge is -2.36. The Labute approximate surface area is 128 Å². The van der Waals surface area contributed by atoms with Crippen molar-refractivity contribution in [2.24, 2.45) is 5.73 Å². The first-order valence-corrected chi connectivity index (χ1v) is 8.00. The predicted octanol–water partition coefficient (Wildman–Crippen LogP) is 3.10. The monoisotopic (exact) mass is 301 g/mol. The number of carbonyl (C=O) groups is 1. The van der Waals surface area contributed by atoms with Gasteiger partial charge in [0.1, 0.15) is 0 Å². The van der Waals surface area contributed by atoms with E-state index in [9.17, 15) is 4.79 Å². The molecule has 0 spiro atoms. The molecule has 3 N–H and O–H groups in total. The minimum Gasteiger partial charge on any atom is -0.326 e. The van der Waals surface area contributed by atoms with Crippen LogP contribution in [0.2, 0.25) is 0 Å². The topological polar surface area (TPSA) is 58.4 Å². The van der Waals surface area contributed by atoms with E-state index >= 15 is 0 Å². The Kier molecular flexibility index (Phi) is 4.22. The van der Waals surface area contributed by atoms with Crippen LogP contribution in [-0.4, -0.2) is 30.1 Å². The van der Waals surface area contributed by atoms with Crippen LogP contribution in [0.15, 0.2) is 47.8 Å². The van der Waals surface area contributed by atoms with Crippen LogP contribution in [0.25, 0.3) is 0 Å². The summed E-state index contributed by atoms with van der Waals surface area (Å²) in [5.41, 5.74) is 6.95. The normalized spacial score (nSPS) is 22.0. The van der Waals surface area contributed by atoms with Crippen LogP contribution in [0.4, 0.5) is 10.5 Å². The molecule has 21 heavy (non-hydrogen) atoms. The zero-order valence-electron chi connectivity index (χ0n) is 11.7. The van der Waals surface area contributed by atoms with E-state index < -0.39 is 0 Å². The number of nitrogens with one attached hydrogen (secondary N) is 1. The first kappa shape index (κ1) is 14.1. The number of nitrogens with zero attached hydrogens (tertiary/aromatic N) is 1. The van der Waals surface area contributed by atoms with Gasteiger partial charge in [0.15, 0.2) is 0 Å². The maximum atomic E-state index is 12.4. The summed E-state index contributed by atoms with van der Waals surface area (Å²) in [7, 11) is 0. The number of thiophene rings is 1. The molecule has 0 bridgehead atoms. The Morgan fingerprint density at radius 2 is 2.00 bits per heavy atom. The molecule has 0 aliphatic carbocycles. The van der Waals surface area contributed by atoms with Crippen LogP contribution in [0.1, 0.15) is 17.2 Å². The Morgan fingerprint density at radius 3 is 2.71 bits per heavy atom. The molecule has 4 nitrogen and oxygen atoms in total. The molecule has 2 unspecified atom stereocenters. The number of piperidine rings is 1. The highest BCUT2D eigenvalue weighted by molar-refractivity contribution is 7.10. The molecule has 1 aromatic carbocycles. The van der Waals surface area contributed by atoms with Crippen molar-refractivity contribution in [3.05, 3.63) is 52.7 Å².